The number of halogens is 1. The summed E-state index contributed by atoms with van der Waals surface area (Å²) in [7, 11) is 0. The molecule has 1 aromatic rings. The average Bonchev–Trinajstić information content (AvgIpc) is 2.40. The molecule has 2 unspecified atom stereocenters. The lowest BCUT2D eigenvalue weighted by molar-refractivity contribution is 0.371. The number of nitrogens with one attached hydrogen (secondary N) is 2. The molecule has 0 aromatic heterocycles. The molecule has 1 aliphatic heterocycles. The van der Waals surface area contributed by atoms with Crippen LogP contribution in [0.15, 0.2) is 18.2 Å². The Morgan fingerprint density at radius 3 is 3.05 bits per heavy atom. The molecule has 19 heavy (non-hydrogen) atoms. The second-order valence-corrected chi connectivity index (χ2v) is 5.20. The van der Waals surface area contributed by atoms with Gasteiger partial charge in [0.2, 0.25) is 0 Å². The molecule has 0 spiro atoms. The Hall–Kier alpha value is -1.60. The maximum absolute atomic E-state index is 13.5. The van der Waals surface area contributed by atoms with Gasteiger partial charge in [0.25, 0.3) is 0 Å². The maximum atomic E-state index is 13.5. The van der Waals surface area contributed by atoms with Crippen LogP contribution >= 0.6 is 0 Å². The number of hydrogen-bond acceptors (Lipinski definition) is 3. The second-order valence-electron chi connectivity index (χ2n) is 5.20. The van der Waals surface area contributed by atoms with Crippen LogP contribution in [-0.2, 0) is 0 Å². The maximum Gasteiger partial charge on any atom is 0.143 e. The predicted molar refractivity (Wildman–Crippen MR) is 74.5 cm³/mol. The number of anilines is 1. The summed E-state index contributed by atoms with van der Waals surface area (Å²) in [6.07, 6.45) is 4.70. The first-order chi connectivity index (χ1) is 9.20. The largest absolute Gasteiger partial charge is 0.381 e. The number of rotatable bonds is 4. The highest BCUT2D eigenvalue weighted by Crippen LogP contribution is 2.20. The van der Waals surface area contributed by atoms with E-state index >= 15 is 0 Å². The third-order valence-corrected chi connectivity index (χ3v) is 3.58. The van der Waals surface area contributed by atoms with Gasteiger partial charge in [0.05, 0.1) is 5.69 Å². The van der Waals surface area contributed by atoms with Crippen molar-refractivity contribution in [3.8, 4) is 6.07 Å². The molecule has 2 rings (SSSR count). The number of hydrogen-bond donors (Lipinski definition) is 2. The van der Waals surface area contributed by atoms with Gasteiger partial charge in [-0.2, -0.15) is 5.26 Å². The Kier molecular flexibility index (Phi) is 4.75. The van der Waals surface area contributed by atoms with Crippen LogP contribution in [0.5, 0.6) is 0 Å². The van der Waals surface area contributed by atoms with Gasteiger partial charge in [0, 0.05) is 12.1 Å². The minimum absolute atomic E-state index is 0.103. The number of piperidine rings is 1. The number of nitriles is 1. The zero-order valence-corrected chi connectivity index (χ0v) is 11.2. The molecule has 2 atom stereocenters. The van der Waals surface area contributed by atoms with E-state index in [4.69, 9.17) is 5.26 Å². The van der Waals surface area contributed by atoms with Gasteiger partial charge in [-0.05, 0) is 44.9 Å². The molecule has 2 N–H and O–H groups in total. The van der Waals surface area contributed by atoms with E-state index in [9.17, 15) is 4.39 Å². The summed E-state index contributed by atoms with van der Waals surface area (Å²) in [5, 5.41) is 15.7. The normalized spacial score (nSPS) is 20.6. The molecule has 1 saturated heterocycles. The summed E-state index contributed by atoms with van der Waals surface area (Å²) >= 11 is 0. The smallest absolute Gasteiger partial charge is 0.143 e. The molecular weight excluding hydrogens is 241 g/mol. The summed E-state index contributed by atoms with van der Waals surface area (Å²) in [4.78, 5) is 0. The molecule has 4 heteroatoms. The van der Waals surface area contributed by atoms with Gasteiger partial charge in [0.1, 0.15) is 17.4 Å². The van der Waals surface area contributed by atoms with Crippen LogP contribution in [0.2, 0.25) is 0 Å². The third-order valence-electron chi connectivity index (χ3n) is 3.58. The van der Waals surface area contributed by atoms with E-state index in [1.165, 1.54) is 25.3 Å². The van der Waals surface area contributed by atoms with Crippen molar-refractivity contribution in [3.63, 3.8) is 0 Å². The highest BCUT2D eigenvalue weighted by molar-refractivity contribution is 5.58. The first-order valence-corrected chi connectivity index (χ1v) is 6.89. The van der Waals surface area contributed by atoms with Gasteiger partial charge in [-0.3, -0.25) is 0 Å². The fraction of sp³-hybridized carbons (Fsp3) is 0.533. The van der Waals surface area contributed by atoms with Gasteiger partial charge in [-0.1, -0.05) is 12.5 Å². The molecule has 1 aliphatic rings. The van der Waals surface area contributed by atoms with Crippen molar-refractivity contribution in [2.75, 3.05) is 11.9 Å². The van der Waals surface area contributed by atoms with Gasteiger partial charge in [0.15, 0.2) is 0 Å². The number of benzene rings is 1. The second kappa shape index (κ2) is 6.53. The molecule has 102 valence electrons. The van der Waals surface area contributed by atoms with E-state index in [1.807, 2.05) is 6.07 Å². The van der Waals surface area contributed by atoms with Gasteiger partial charge in [-0.15, -0.1) is 0 Å². The van der Waals surface area contributed by atoms with Gasteiger partial charge >= 0.3 is 0 Å². The first-order valence-electron chi connectivity index (χ1n) is 6.89. The van der Waals surface area contributed by atoms with E-state index in [0.29, 0.717) is 11.7 Å². The summed E-state index contributed by atoms with van der Waals surface area (Å²) in [6, 6.07) is 7.36. The molecule has 0 amide bonds. The lowest BCUT2D eigenvalue weighted by Crippen LogP contribution is -2.37. The average molecular weight is 261 g/mol. The third kappa shape index (κ3) is 3.68. The molecule has 3 nitrogen and oxygen atoms in total. The van der Waals surface area contributed by atoms with Crippen molar-refractivity contribution in [2.24, 2.45) is 0 Å². The van der Waals surface area contributed by atoms with Gasteiger partial charge < -0.3 is 10.6 Å². The molecule has 1 heterocycles. The van der Waals surface area contributed by atoms with E-state index in [1.54, 1.807) is 12.1 Å². The fourth-order valence-corrected chi connectivity index (χ4v) is 2.63. The first kappa shape index (κ1) is 13.8. The molecule has 1 fully saturated rings. The summed E-state index contributed by atoms with van der Waals surface area (Å²) in [5.74, 6) is -0.463. The Labute approximate surface area is 113 Å². The van der Waals surface area contributed by atoms with E-state index in [0.717, 1.165) is 13.0 Å². The molecule has 0 aliphatic carbocycles. The van der Waals surface area contributed by atoms with Crippen LogP contribution in [0, 0.1) is 17.1 Å². The molecular formula is C15H20FN3. The van der Waals surface area contributed by atoms with Crippen LogP contribution in [0.25, 0.3) is 0 Å². The quantitative estimate of drug-likeness (QED) is 0.875. The molecule has 1 aromatic carbocycles. The standard InChI is InChI=1S/C15H20FN3/c1-11(9-12-5-2-3-8-18-12)19-15-7-4-6-14(16)13(15)10-17/h4,6-7,11-12,18-19H,2-3,5,8-9H2,1H3. The Balaban J connectivity index is 1.97. The van der Waals surface area contributed by atoms with E-state index in [2.05, 4.69) is 17.6 Å². The van der Waals surface area contributed by atoms with Crippen molar-refractivity contribution in [1.29, 1.82) is 5.26 Å². The zero-order valence-electron chi connectivity index (χ0n) is 11.2. The lowest BCUT2D eigenvalue weighted by atomic mass is 9.98. The Morgan fingerprint density at radius 2 is 2.37 bits per heavy atom. The minimum atomic E-state index is -0.463. The topological polar surface area (TPSA) is 47.8 Å². The van der Waals surface area contributed by atoms with Crippen molar-refractivity contribution < 1.29 is 4.39 Å². The van der Waals surface area contributed by atoms with Crippen LogP contribution in [0.4, 0.5) is 10.1 Å². The van der Waals surface area contributed by atoms with Crippen molar-refractivity contribution in [3.05, 3.63) is 29.6 Å². The highest BCUT2D eigenvalue weighted by atomic mass is 19.1. The molecule has 0 radical (unpaired) electrons. The van der Waals surface area contributed by atoms with E-state index in [-0.39, 0.29) is 11.6 Å². The van der Waals surface area contributed by atoms with Gasteiger partial charge in [-0.25, -0.2) is 4.39 Å². The summed E-state index contributed by atoms with van der Waals surface area (Å²) in [5.41, 5.74) is 0.691. The highest BCUT2D eigenvalue weighted by Gasteiger charge is 2.17. The SMILES string of the molecule is CC(CC1CCCCN1)Nc1cccc(F)c1C#N. The molecule has 0 bridgehead atoms. The number of nitrogens with zero attached hydrogens (tertiary/aromatic N) is 1. The lowest BCUT2D eigenvalue weighted by Gasteiger charge is -2.27. The molecule has 0 saturated carbocycles. The zero-order chi connectivity index (χ0) is 13.7. The van der Waals surface area contributed by atoms with Crippen molar-refractivity contribution >= 4 is 5.69 Å². The van der Waals surface area contributed by atoms with Crippen LogP contribution in [-0.4, -0.2) is 18.6 Å². The van der Waals surface area contributed by atoms with Crippen LogP contribution in [0.1, 0.15) is 38.2 Å². The minimum Gasteiger partial charge on any atom is -0.381 e. The Morgan fingerprint density at radius 1 is 1.53 bits per heavy atom. The van der Waals surface area contributed by atoms with Crippen molar-refractivity contribution in [2.45, 2.75) is 44.7 Å². The fourth-order valence-electron chi connectivity index (χ4n) is 2.63. The predicted octanol–water partition coefficient (Wildman–Crippen LogP) is 3.03. The monoisotopic (exact) mass is 261 g/mol. The summed E-state index contributed by atoms with van der Waals surface area (Å²) in [6.45, 7) is 3.16. The van der Waals surface area contributed by atoms with E-state index < -0.39 is 5.82 Å². The van der Waals surface area contributed by atoms with Crippen LogP contribution in [0.3, 0.4) is 0 Å². The summed E-state index contributed by atoms with van der Waals surface area (Å²) < 4.78 is 13.5. The van der Waals surface area contributed by atoms with Crippen molar-refractivity contribution in [1.82, 2.24) is 5.32 Å². The Bertz CT molecular complexity index is 461. The van der Waals surface area contributed by atoms with Crippen LogP contribution < -0.4 is 10.6 Å².